The Morgan fingerprint density at radius 2 is 1.72 bits per heavy atom. The summed E-state index contributed by atoms with van der Waals surface area (Å²) in [7, 11) is 0. The van der Waals surface area contributed by atoms with Gasteiger partial charge in [0.05, 0.1) is 36.9 Å². The molecule has 0 saturated carbocycles. The molecule has 29 heavy (non-hydrogen) atoms. The van der Waals surface area contributed by atoms with Crippen LogP contribution in [0.4, 0.5) is 0 Å². The zero-order chi connectivity index (χ0) is 20.8. The minimum atomic E-state index is -0.494. The molecule has 0 spiro atoms. The summed E-state index contributed by atoms with van der Waals surface area (Å²) in [5.41, 5.74) is 0.220. The monoisotopic (exact) mass is 443 g/mol. The first-order valence-corrected chi connectivity index (χ1v) is 10.2. The van der Waals surface area contributed by atoms with Gasteiger partial charge in [0, 0.05) is 24.0 Å². The molecule has 0 atom stereocenters. The Morgan fingerprint density at radius 1 is 1.03 bits per heavy atom. The molecule has 2 aliphatic heterocycles. The quantitative estimate of drug-likeness (QED) is 0.693. The van der Waals surface area contributed by atoms with Gasteiger partial charge in [0.25, 0.3) is 5.91 Å². The molecule has 2 saturated heterocycles. The third-order valence-corrected chi connectivity index (χ3v) is 5.49. The summed E-state index contributed by atoms with van der Waals surface area (Å²) in [6.45, 7) is 2.08. The molecule has 2 aliphatic rings. The molecule has 0 aliphatic carbocycles. The first kappa shape index (κ1) is 21.8. The lowest BCUT2D eigenvalue weighted by Gasteiger charge is -2.33. The Labute approximate surface area is 178 Å². The van der Waals surface area contributed by atoms with Gasteiger partial charge in [-0.15, -0.1) is 0 Å². The normalized spacial score (nSPS) is 17.9. The van der Waals surface area contributed by atoms with Crippen LogP contribution in [0.15, 0.2) is 18.2 Å². The van der Waals surface area contributed by atoms with E-state index in [0.717, 1.165) is 12.8 Å². The van der Waals surface area contributed by atoms with Gasteiger partial charge in [0.2, 0.25) is 11.8 Å². The maximum atomic E-state index is 12.3. The molecule has 10 heteroatoms. The Bertz CT molecular complexity index is 762. The summed E-state index contributed by atoms with van der Waals surface area (Å²) >= 11 is 11.8. The van der Waals surface area contributed by atoms with Crippen LogP contribution < -0.4 is 10.6 Å². The number of nitrogens with zero attached hydrogens (tertiary/aromatic N) is 1. The molecule has 0 radical (unpaired) electrons. The van der Waals surface area contributed by atoms with Crippen molar-refractivity contribution in [1.82, 2.24) is 15.5 Å². The van der Waals surface area contributed by atoms with Gasteiger partial charge in [-0.25, -0.2) is 0 Å². The SMILES string of the molecule is O=C(CNC(=O)c1ccc(Cl)cc1Cl)NCC(=O)N1CCC(C2OCCO2)CC1. The fraction of sp³-hybridized carbons (Fsp3) is 0.526. The second-order valence-corrected chi connectivity index (χ2v) is 7.76. The molecule has 0 aromatic heterocycles. The van der Waals surface area contributed by atoms with E-state index in [-0.39, 0.29) is 35.9 Å². The van der Waals surface area contributed by atoms with E-state index in [1.54, 1.807) is 4.90 Å². The number of carbonyl (C=O) groups is 3. The van der Waals surface area contributed by atoms with Crippen LogP contribution in [-0.2, 0) is 19.1 Å². The molecule has 158 valence electrons. The average Bonchev–Trinajstić information content (AvgIpc) is 3.25. The van der Waals surface area contributed by atoms with Crippen molar-refractivity contribution in [3.8, 4) is 0 Å². The van der Waals surface area contributed by atoms with Crippen molar-refractivity contribution in [2.75, 3.05) is 39.4 Å². The van der Waals surface area contributed by atoms with Crippen LogP contribution >= 0.6 is 23.2 Å². The van der Waals surface area contributed by atoms with E-state index in [1.807, 2.05) is 0 Å². The second kappa shape index (κ2) is 10.2. The highest BCUT2D eigenvalue weighted by molar-refractivity contribution is 6.36. The predicted octanol–water partition coefficient (Wildman–Crippen LogP) is 1.45. The number of halogens is 2. The number of benzene rings is 1. The first-order valence-electron chi connectivity index (χ1n) is 9.45. The van der Waals surface area contributed by atoms with Crippen molar-refractivity contribution in [2.24, 2.45) is 5.92 Å². The maximum absolute atomic E-state index is 12.3. The van der Waals surface area contributed by atoms with Crippen LogP contribution in [0.3, 0.4) is 0 Å². The van der Waals surface area contributed by atoms with E-state index in [1.165, 1.54) is 18.2 Å². The molecule has 0 unspecified atom stereocenters. The molecule has 0 bridgehead atoms. The molecule has 2 fully saturated rings. The number of ether oxygens (including phenoxy) is 2. The van der Waals surface area contributed by atoms with Gasteiger partial charge < -0.3 is 25.0 Å². The standard InChI is InChI=1S/C19H23Cl2N3O5/c20-13-1-2-14(15(21)9-13)18(27)23-10-16(25)22-11-17(26)24-5-3-12(4-6-24)19-28-7-8-29-19/h1-2,9,12,19H,3-8,10-11H2,(H,22,25)(H,23,27). The van der Waals surface area contributed by atoms with Gasteiger partial charge in [-0.2, -0.15) is 0 Å². The van der Waals surface area contributed by atoms with Crippen LogP contribution in [-0.4, -0.2) is 68.3 Å². The van der Waals surface area contributed by atoms with E-state index in [2.05, 4.69) is 10.6 Å². The molecule has 1 aromatic rings. The molecule has 8 nitrogen and oxygen atoms in total. The van der Waals surface area contributed by atoms with Crippen LogP contribution in [0.5, 0.6) is 0 Å². The van der Waals surface area contributed by atoms with Crippen molar-refractivity contribution in [1.29, 1.82) is 0 Å². The molecular weight excluding hydrogens is 421 g/mol. The lowest BCUT2D eigenvalue weighted by atomic mass is 9.96. The summed E-state index contributed by atoms with van der Waals surface area (Å²) in [4.78, 5) is 38.1. The van der Waals surface area contributed by atoms with Crippen LogP contribution in [0.2, 0.25) is 10.0 Å². The number of amides is 3. The first-order chi connectivity index (χ1) is 13.9. The number of carbonyl (C=O) groups excluding carboxylic acids is 3. The topological polar surface area (TPSA) is 97.0 Å². The van der Waals surface area contributed by atoms with E-state index < -0.39 is 11.8 Å². The highest BCUT2D eigenvalue weighted by Gasteiger charge is 2.31. The van der Waals surface area contributed by atoms with Crippen LogP contribution in [0.25, 0.3) is 0 Å². The Balaban J connectivity index is 1.36. The van der Waals surface area contributed by atoms with Crippen molar-refractivity contribution < 1.29 is 23.9 Å². The lowest BCUT2D eigenvalue weighted by Crippen LogP contribution is -2.47. The van der Waals surface area contributed by atoms with Crippen molar-refractivity contribution >= 4 is 40.9 Å². The summed E-state index contributed by atoms with van der Waals surface area (Å²) in [6, 6.07) is 4.47. The van der Waals surface area contributed by atoms with Gasteiger partial charge in [-0.3, -0.25) is 14.4 Å². The summed E-state index contributed by atoms with van der Waals surface area (Å²) in [5, 5.41) is 5.61. The maximum Gasteiger partial charge on any atom is 0.253 e. The second-order valence-electron chi connectivity index (χ2n) is 6.91. The zero-order valence-electron chi connectivity index (χ0n) is 15.8. The number of hydrogen-bond acceptors (Lipinski definition) is 5. The minimum absolute atomic E-state index is 0.114. The highest BCUT2D eigenvalue weighted by atomic mass is 35.5. The van der Waals surface area contributed by atoms with E-state index in [9.17, 15) is 14.4 Å². The average molecular weight is 444 g/mol. The summed E-state index contributed by atoms with van der Waals surface area (Å²) in [5.74, 6) is -0.811. The largest absolute Gasteiger partial charge is 0.350 e. The van der Waals surface area contributed by atoms with Gasteiger partial charge in [-0.05, 0) is 31.0 Å². The van der Waals surface area contributed by atoms with Gasteiger partial charge in [0.15, 0.2) is 6.29 Å². The Kier molecular flexibility index (Phi) is 7.71. The number of rotatable bonds is 6. The number of piperidine rings is 1. The smallest absolute Gasteiger partial charge is 0.253 e. The number of hydrogen-bond donors (Lipinski definition) is 2. The van der Waals surface area contributed by atoms with Crippen LogP contribution in [0.1, 0.15) is 23.2 Å². The number of nitrogens with one attached hydrogen (secondary N) is 2. The third-order valence-electron chi connectivity index (χ3n) is 4.95. The van der Waals surface area contributed by atoms with E-state index >= 15 is 0 Å². The predicted molar refractivity (Wildman–Crippen MR) is 107 cm³/mol. The molecule has 1 aromatic carbocycles. The lowest BCUT2D eigenvalue weighted by molar-refractivity contribution is -0.137. The summed E-state index contributed by atoms with van der Waals surface area (Å²) < 4.78 is 11.1. The molecule has 2 heterocycles. The molecule has 3 rings (SSSR count). The van der Waals surface area contributed by atoms with Crippen molar-refractivity contribution in [3.63, 3.8) is 0 Å². The van der Waals surface area contributed by atoms with Crippen molar-refractivity contribution in [3.05, 3.63) is 33.8 Å². The van der Waals surface area contributed by atoms with Crippen molar-refractivity contribution in [2.45, 2.75) is 19.1 Å². The fourth-order valence-corrected chi connectivity index (χ4v) is 3.84. The summed E-state index contributed by atoms with van der Waals surface area (Å²) in [6.07, 6.45) is 1.45. The molecular formula is C19H23Cl2N3O5. The highest BCUT2D eigenvalue weighted by Crippen LogP contribution is 2.25. The van der Waals surface area contributed by atoms with Gasteiger partial charge >= 0.3 is 0 Å². The van der Waals surface area contributed by atoms with Gasteiger partial charge in [-0.1, -0.05) is 23.2 Å². The third kappa shape index (κ3) is 6.05. The minimum Gasteiger partial charge on any atom is -0.350 e. The molecule has 3 amide bonds. The van der Waals surface area contributed by atoms with E-state index in [4.69, 9.17) is 32.7 Å². The van der Waals surface area contributed by atoms with Crippen LogP contribution in [0, 0.1) is 5.92 Å². The zero-order valence-corrected chi connectivity index (χ0v) is 17.3. The van der Waals surface area contributed by atoms with E-state index in [0.29, 0.717) is 37.2 Å². The Morgan fingerprint density at radius 3 is 2.38 bits per heavy atom. The molecule has 2 N–H and O–H groups in total. The number of likely N-dealkylation sites (tertiary alicyclic amines) is 1. The Hall–Kier alpha value is -1.87. The fourth-order valence-electron chi connectivity index (χ4n) is 3.35. The van der Waals surface area contributed by atoms with Gasteiger partial charge in [0.1, 0.15) is 0 Å².